The van der Waals surface area contributed by atoms with Crippen molar-refractivity contribution in [3.8, 4) is 0 Å². The number of rotatable bonds is 33. The Morgan fingerprint density at radius 1 is 0.803 bits per heavy atom. The number of nitrogens with one attached hydrogen (secondary N) is 3. The fourth-order valence-electron chi connectivity index (χ4n) is 8.41. The first-order valence-electron chi connectivity index (χ1n) is 22.3. The average Bonchev–Trinajstić information content (AvgIpc) is 3.79. The summed E-state index contributed by atoms with van der Waals surface area (Å²) in [7, 11) is 3.51. The molecule has 0 aromatic rings. The van der Waals surface area contributed by atoms with E-state index >= 15 is 0 Å². The van der Waals surface area contributed by atoms with Crippen LogP contribution in [-0.4, -0.2) is 159 Å². The maximum atomic E-state index is 13.3. The number of thioether (sulfide) groups is 1. The number of methoxy groups -OCH3 is 1. The van der Waals surface area contributed by atoms with Crippen molar-refractivity contribution in [2.24, 2.45) is 5.92 Å². The molecule has 17 nitrogen and oxygen atoms in total. The number of amides is 3. The van der Waals surface area contributed by atoms with E-state index in [2.05, 4.69) is 48.7 Å². The molecule has 3 fully saturated rings. The van der Waals surface area contributed by atoms with Gasteiger partial charge in [-0.15, -0.1) is 0 Å². The monoisotopic (exact) mass is 907 g/mol. The van der Waals surface area contributed by atoms with Gasteiger partial charge in [-0.1, -0.05) is 25.7 Å². The van der Waals surface area contributed by atoms with E-state index < -0.39 is 32.8 Å². The van der Waals surface area contributed by atoms with Crippen molar-refractivity contribution in [2.45, 2.75) is 152 Å². The predicted molar refractivity (Wildman–Crippen MR) is 234 cm³/mol. The predicted octanol–water partition coefficient (Wildman–Crippen LogP) is 4.77. The third-order valence-corrected chi connectivity index (χ3v) is 16.1. The molecule has 0 aliphatic carbocycles. The second-order valence-electron chi connectivity index (χ2n) is 17.3. The molecule has 0 saturated carbocycles. The molecule has 0 spiro atoms. The summed E-state index contributed by atoms with van der Waals surface area (Å²) in [5.74, 6) is -1.51. The molecule has 0 aromatic heterocycles. The maximum absolute atomic E-state index is 13.3. The lowest BCUT2D eigenvalue weighted by Gasteiger charge is -2.52. The van der Waals surface area contributed by atoms with Crippen LogP contribution in [0.1, 0.15) is 111 Å². The zero-order chi connectivity index (χ0) is 44.7. The molecular weight excluding hydrogens is 829 g/mol. The SMILES string of the molecule is COC(=O)C(CC(CCCCCC[Si](OC)(OC)OC)ON1C(C)(C)CCCC1(C)C)C(=O)OCCOCCOCCOCCNC(=O)CCCC[C@@H]1SC[C@@H]2NC(=O)N[C@@H]21. The molecule has 3 N–H and O–H groups in total. The van der Waals surface area contributed by atoms with Crippen LogP contribution in [0.5, 0.6) is 0 Å². The Morgan fingerprint density at radius 3 is 2.07 bits per heavy atom. The molecule has 0 bridgehead atoms. The summed E-state index contributed by atoms with van der Waals surface area (Å²) < 4.78 is 44.0. The molecule has 3 rings (SSSR count). The summed E-state index contributed by atoms with van der Waals surface area (Å²) in [6.45, 7) is 11.0. The quantitative estimate of drug-likeness (QED) is 0.0268. The van der Waals surface area contributed by atoms with Gasteiger partial charge in [-0.2, -0.15) is 16.8 Å². The number of piperidine rings is 1. The van der Waals surface area contributed by atoms with Gasteiger partial charge in [0.05, 0.1) is 64.9 Å². The normalized spacial score (nSPS) is 21.9. The highest BCUT2D eigenvalue weighted by molar-refractivity contribution is 8.00. The molecule has 3 aliphatic rings. The number of unbranched alkanes of at least 4 members (excludes halogenated alkanes) is 4. The van der Waals surface area contributed by atoms with Gasteiger partial charge in [-0.05, 0) is 79.1 Å². The second kappa shape index (κ2) is 28.0. The van der Waals surface area contributed by atoms with Crippen molar-refractivity contribution < 1.29 is 61.0 Å². The van der Waals surface area contributed by atoms with Crippen molar-refractivity contribution >= 4 is 44.4 Å². The lowest BCUT2D eigenvalue weighted by atomic mass is 9.82. The van der Waals surface area contributed by atoms with Crippen molar-refractivity contribution in [1.82, 2.24) is 21.0 Å². The van der Waals surface area contributed by atoms with Crippen LogP contribution in [-0.2, 0) is 56.2 Å². The minimum atomic E-state index is -2.62. The highest BCUT2D eigenvalue weighted by Gasteiger charge is 2.45. The lowest BCUT2D eigenvalue weighted by molar-refractivity contribution is -0.307. The van der Waals surface area contributed by atoms with Crippen LogP contribution in [0.15, 0.2) is 0 Å². The zero-order valence-electron chi connectivity index (χ0n) is 38.3. The van der Waals surface area contributed by atoms with Crippen LogP contribution in [0, 0.1) is 5.92 Å². The summed E-state index contributed by atoms with van der Waals surface area (Å²) in [6, 6.07) is 1.07. The minimum Gasteiger partial charge on any atom is -0.468 e. The number of hydrogen-bond acceptors (Lipinski definition) is 15. The van der Waals surface area contributed by atoms with E-state index in [1.807, 2.05) is 11.8 Å². The average molecular weight is 907 g/mol. The maximum Gasteiger partial charge on any atom is 0.500 e. The van der Waals surface area contributed by atoms with Gasteiger partial charge < -0.3 is 52.9 Å². The largest absolute Gasteiger partial charge is 0.500 e. The Labute approximate surface area is 370 Å². The van der Waals surface area contributed by atoms with Crippen molar-refractivity contribution in [3.63, 3.8) is 0 Å². The second-order valence-corrected chi connectivity index (χ2v) is 21.6. The number of hydrogen-bond donors (Lipinski definition) is 3. The highest BCUT2D eigenvalue weighted by atomic mass is 32.2. The minimum absolute atomic E-state index is 0.00996. The number of hydroxylamine groups is 2. The number of carbonyl (C=O) groups excluding carboxylic acids is 4. The van der Waals surface area contributed by atoms with Crippen LogP contribution >= 0.6 is 11.8 Å². The number of fused-ring (bicyclic) bond motifs is 1. The summed E-state index contributed by atoms with van der Waals surface area (Å²) >= 11 is 1.89. The zero-order valence-corrected chi connectivity index (χ0v) is 40.1. The third-order valence-electron chi connectivity index (χ3n) is 11.8. The first kappa shape index (κ1) is 53.3. The van der Waals surface area contributed by atoms with Crippen molar-refractivity contribution in [3.05, 3.63) is 0 Å². The number of ether oxygens (including phenoxy) is 5. The molecule has 5 atom stereocenters. The Hall–Kier alpha value is -2.07. The van der Waals surface area contributed by atoms with Crippen LogP contribution in [0.3, 0.4) is 0 Å². The van der Waals surface area contributed by atoms with E-state index in [1.54, 1.807) is 21.3 Å². The van der Waals surface area contributed by atoms with Crippen LogP contribution in [0.2, 0.25) is 6.04 Å². The molecule has 0 aromatic carbocycles. The Bertz CT molecular complexity index is 1290. The van der Waals surface area contributed by atoms with Gasteiger partial charge in [-0.3, -0.25) is 19.2 Å². The van der Waals surface area contributed by atoms with Gasteiger partial charge in [0.1, 0.15) is 6.61 Å². The molecular formula is C42H78N4O13SSi. The van der Waals surface area contributed by atoms with E-state index in [0.29, 0.717) is 57.7 Å². The van der Waals surface area contributed by atoms with E-state index in [1.165, 1.54) is 7.11 Å². The number of nitrogens with zero attached hydrogens (tertiary/aromatic N) is 1. The number of urea groups is 1. The fourth-order valence-corrected chi connectivity index (χ4v) is 11.7. The molecule has 354 valence electrons. The van der Waals surface area contributed by atoms with Crippen LogP contribution < -0.4 is 16.0 Å². The number of esters is 2. The molecule has 3 saturated heterocycles. The first-order chi connectivity index (χ1) is 29.2. The molecule has 3 aliphatic heterocycles. The highest BCUT2D eigenvalue weighted by Crippen LogP contribution is 2.40. The van der Waals surface area contributed by atoms with E-state index in [9.17, 15) is 19.2 Å². The molecule has 3 heterocycles. The topological polar surface area (TPSA) is 191 Å². The van der Waals surface area contributed by atoms with Crippen LogP contribution in [0.4, 0.5) is 4.79 Å². The third kappa shape index (κ3) is 18.5. The van der Waals surface area contributed by atoms with Gasteiger partial charge in [0.2, 0.25) is 5.91 Å². The molecule has 61 heavy (non-hydrogen) atoms. The molecule has 19 heteroatoms. The van der Waals surface area contributed by atoms with E-state index in [4.69, 9.17) is 41.8 Å². The summed E-state index contributed by atoms with van der Waals surface area (Å²) in [4.78, 5) is 56.8. The summed E-state index contributed by atoms with van der Waals surface area (Å²) in [5.41, 5.74) is -0.445. The molecule has 3 amide bonds. The lowest BCUT2D eigenvalue weighted by Crippen LogP contribution is -2.59. The van der Waals surface area contributed by atoms with Gasteiger partial charge in [-0.25, -0.2) is 4.79 Å². The van der Waals surface area contributed by atoms with Gasteiger partial charge >= 0.3 is 26.8 Å². The first-order valence-corrected chi connectivity index (χ1v) is 25.2. The summed E-state index contributed by atoms with van der Waals surface area (Å²) in [6.07, 6.45) is 10.2. The van der Waals surface area contributed by atoms with Gasteiger partial charge in [0, 0.05) is 62.4 Å². The van der Waals surface area contributed by atoms with Crippen LogP contribution in [0.25, 0.3) is 0 Å². The fraction of sp³-hybridized carbons (Fsp3) is 0.905. The van der Waals surface area contributed by atoms with E-state index in [0.717, 1.165) is 76.0 Å². The Kier molecular flexibility index (Phi) is 24.4. The van der Waals surface area contributed by atoms with E-state index in [-0.39, 0.29) is 54.7 Å². The van der Waals surface area contributed by atoms with Crippen molar-refractivity contribution in [1.29, 1.82) is 0 Å². The Morgan fingerprint density at radius 2 is 1.43 bits per heavy atom. The summed E-state index contributed by atoms with van der Waals surface area (Å²) in [5, 5.41) is 11.3. The standard InChI is InChI=1S/C42H78N4O13SSi/c1-41(2)19-15-20-42(3,4)46(41)59-32(16-11-9-10-14-29-61(52-6,53-7)54-8)30-33(38(48)51-5)39(49)58-28-27-57-26-25-56-24-23-55-22-21-43-36(47)18-13-12-17-35-37-34(31-60-35)44-40(50)45-37/h32-35,37H,9-31H2,1-8H3,(H,43,47)(H2,44,45,50)/t32?,33?,34-,35-,37-/m0/s1. The number of carbonyl (C=O) groups is 4. The smallest absolute Gasteiger partial charge is 0.468 e. The molecule has 2 unspecified atom stereocenters. The van der Waals surface area contributed by atoms with Gasteiger partial charge in [0.25, 0.3) is 0 Å². The van der Waals surface area contributed by atoms with Crippen molar-refractivity contribution in [2.75, 3.05) is 87.0 Å². The van der Waals surface area contributed by atoms with Gasteiger partial charge in [0.15, 0.2) is 5.92 Å². The molecule has 0 radical (unpaired) electrons. The Balaban J connectivity index is 1.29.